The van der Waals surface area contributed by atoms with Crippen molar-refractivity contribution >= 4 is 15.7 Å². The van der Waals surface area contributed by atoms with E-state index in [-0.39, 0.29) is 36.0 Å². The van der Waals surface area contributed by atoms with E-state index in [0.29, 0.717) is 13.0 Å². The first-order chi connectivity index (χ1) is 8.34. The standard InChI is InChI=1S/C11H22N2O4S/c1-9(7-17-3)12-11(14)6-13(2)10-4-5-18(15,16)8-10/h9-10H,4-8H2,1-3H3,(H,12,14). The zero-order valence-electron chi connectivity index (χ0n) is 11.2. The summed E-state index contributed by atoms with van der Waals surface area (Å²) < 4.78 is 27.6. The quantitative estimate of drug-likeness (QED) is 0.692. The van der Waals surface area contributed by atoms with Crippen LogP contribution in [0.3, 0.4) is 0 Å². The Kier molecular flexibility index (Phi) is 5.55. The molecule has 1 aliphatic heterocycles. The summed E-state index contributed by atoms with van der Waals surface area (Å²) in [6.45, 7) is 2.54. The van der Waals surface area contributed by atoms with E-state index in [1.54, 1.807) is 19.1 Å². The van der Waals surface area contributed by atoms with Gasteiger partial charge in [-0.2, -0.15) is 0 Å². The molecule has 0 aliphatic carbocycles. The molecule has 0 saturated carbocycles. The number of methoxy groups -OCH3 is 1. The third-order valence-corrected chi connectivity index (χ3v) is 4.80. The number of sulfone groups is 1. The van der Waals surface area contributed by atoms with Crippen LogP contribution >= 0.6 is 0 Å². The number of hydrogen-bond donors (Lipinski definition) is 1. The molecule has 0 aromatic carbocycles. The van der Waals surface area contributed by atoms with E-state index < -0.39 is 9.84 Å². The van der Waals surface area contributed by atoms with Crippen LogP contribution in [0.1, 0.15) is 13.3 Å². The van der Waals surface area contributed by atoms with Crippen LogP contribution in [0.4, 0.5) is 0 Å². The average Bonchev–Trinajstić information content (AvgIpc) is 2.58. The van der Waals surface area contributed by atoms with Gasteiger partial charge in [0.1, 0.15) is 0 Å². The molecule has 1 amide bonds. The Hall–Kier alpha value is -0.660. The first-order valence-corrected chi connectivity index (χ1v) is 7.85. The highest BCUT2D eigenvalue weighted by Crippen LogP contribution is 2.15. The Morgan fingerprint density at radius 2 is 2.22 bits per heavy atom. The van der Waals surface area contributed by atoms with Crippen LogP contribution in [0.2, 0.25) is 0 Å². The van der Waals surface area contributed by atoms with Gasteiger partial charge in [-0.3, -0.25) is 9.69 Å². The summed E-state index contributed by atoms with van der Waals surface area (Å²) in [5.41, 5.74) is 0. The normalized spacial score (nSPS) is 24.1. The predicted molar refractivity (Wildman–Crippen MR) is 69.2 cm³/mol. The molecule has 1 rings (SSSR count). The molecular weight excluding hydrogens is 256 g/mol. The van der Waals surface area contributed by atoms with Crippen LogP contribution < -0.4 is 5.32 Å². The summed E-state index contributed by atoms with van der Waals surface area (Å²) in [6, 6.07) is -0.0818. The lowest BCUT2D eigenvalue weighted by Gasteiger charge is -2.23. The third kappa shape index (κ3) is 4.91. The summed E-state index contributed by atoms with van der Waals surface area (Å²) in [6.07, 6.45) is 0.611. The minimum Gasteiger partial charge on any atom is -0.383 e. The molecule has 7 heteroatoms. The number of carbonyl (C=O) groups excluding carboxylic acids is 1. The Labute approximate surface area is 109 Å². The average molecular weight is 278 g/mol. The van der Waals surface area contributed by atoms with Gasteiger partial charge < -0.3 is 10.1 Å². The zero-order valence-corrected chi connectivity index (χ0v) is 12.0. The number of rotatable bonds is 6. The molecule has 2 atom stereocenters. The number of ether oxygens (including phenoxy) is 1. The van der Waals surface area contributed by atoms with Crippen LogP contribution in [0.5, 0.6) is 0 Å². The summed E-state index contributed by atoms with van der Waals surface area (Å²) >= 11 is 0. The summed E-state index contributed by atoms with van der Waals surface area (Å²) in [4.78, 5) is 13.5. The second-order valence-corrected chi connectivity index (χ2v) is 7.12. The van der Waals surface area contributed by atoms with Crippen molar-refractivity contribution in [1.29, 1.82) is 0 Å². The summed E-state index contributed by atoms with van der Waals surface area (Å²) in [5.74, 6) is 0.278. The molecule has 2 unspecified atom stereocenters. The minimum atomic E-state index is -2.90. The largest absolute Gasteiger partial charge is 0.383 e. The van der Waals surface area contributed by atoms with Crippen LogP contribution in [0, 0.1) is 0 Å². The molecule has 0 radical (unpaired) electrons. The minimum absolute atomic E-state index is 0.0387. The van der Waals surface area contributed by atoms with Crippen LogP contribution in [-0.2, 0) is 19.4 Å². The Bertz CT molecular complexity index is 383. The topological polar surface area (TPSA) is 75.7 Å². The summed E-state index contributed by atoms with van der Waals surface area (Å²) in [7, 11) is 0.464. The smallest absolute Gasteiger partial charge is 0.234 e. The first-order valence-electron chi connectivity index (χ1n) is 6.03. The monoisotopic (exact) mass is 278 g/mol. The van der Waals surface area contributed by atoms with Gasteiger partial charge >= 0.3 is 0 Å². The van der Waals surface area contributed by atoms with Gasteiger partial charge in [-0.05, 0) is 20.4 Å². The molecule has 1 N–H and O–H groups in total. The molecular formula is C11H22N2O4S. The number of likely N-dealkylation sites (N-methyl/N-ethyl adjacent to an activating group) is 1. The predicted octanol–water partition coefficient (Wildman–Crippen LogP) is -0.744. The van der Waals surface area contributed by atoms with Crippen LogP contribution in [0.15, 0.2) is 0 Å². The lowest BCUT2D eigenvalue weighted by molar-refractivity contribution is -0.123. The van der Waals surface area contributed by atoms with Gasteiger partial charge in [0.2, 0.25) is 5.91 Å². The van der Waals surface area contributed by atoms with E-state index >= 15 is 0 Å². The Morgan fingerprint density at radius 1 is 1.56 bits per heavy atom. The molecule has 1 saturated heterocycles. The fourth-order valence-electron chi connectivity index (χ4n) is 2.09. The number of amides is 1. The van der Waals surface area contributed by atoms with Gasteiger partial charge in [-0.1, -0.05) is 0 Å². The molecule has 1 fully saturated rings. The number of hydrogen-bond acceptors (Lipinski definition) is 5. The number of nitrogens with zero attached hydrogens (tertiary/aromatic N) is 1. The van der Waals surface area contributed by atoms with Crippen LogP contribution in [-0.4, -0.2) is 70.1 Å². The van der Waals surface area contributed by atoms with Gasteiger partial charge in [-0.15, -0.1) is 0 Å². The lowest BCUT2D eigenvalue weighted by atomic mass is 10.2. The molecule has 106 valence electrons. The molecule has 1 heterocycles. The number of carbonyl (C=O) groups is 1. The van der Waals surface area contributed by atoms with Crippen molar-refractivity contribution in [2.24, 2.45) is 0 Å². The Morgan fingerprint density at radius 3 is 2.72 bits per heavy atom. The van der Waals surface area contributed by atoms with Gasteiger partial charge in [0, 0.05) is 19.2 Å². The molecule has 18 heavy (non-hydrogen) atoms. The highest BCUT2D eigenvalue weighted by molar-refractivity contribution is 7.91. The SMILES string of the molecule is COCC(C)NC(=O)CN(C)C1CCS(=O)(=O)C1. The maximum Gasteiger partial charge on any atom is 0.234 e. The van der Waals surface area contributed by atoms with Crippen molar-refractivity contribution in [2.45, 2.75) is 25.4 Å². The molecule has 6 nitrogen and oxygen atoms in total. The second-order valence-electron chi connectivity index (χ2n) is 4.90. The van der Waals surface area contributed by atoms with Crippen molar-refractivity contribution in [2.75, 3.05) is 38.8 Å². The van der Waals surface area contributed by atoms with Gasteiger partial charge in [0.15, 0.2) is 9.84 Å². The molecule has 1 aliphatic rings. The fourth-order valence-corrected chi connectivity index (χ4v) is 3.90. The van der Waals surface area contributed by atoms with Crippen molar-refractivity contribution in [3.8, 4) is 0 Å². The molecule has 0 aromatic rings. The molecule has 0 spiro atoms. The molecule has 0 aromatic heterocycles. The van der Waals surface area contributed by atoms with Gasteiger partial charge in [-0.25, -0.2) is 8.42 Å². The molecule has 0 bridgehead atoms. The highest BCUT2D eigenvalue weighted by Gasteiger charge is 2.31. The van der Waals surface area contributed by atoms with Crippen molar-refractivity contribution in [3.05, 3.63) is 0 Å². The van der Waals surface area contributed by atoms with Crippen molar-refractivity contribution < 1.29 is 17.9 Å². The van der Waals surface area contributed by atoms with Crippen molar-refractivity contribution in [1.82, 2.24) is 10.2 Å². The maximum absolute atomic E-state index is 11.7. The second kappa shape index (κ2) is 6.49. The third-order valence-electron chi connectivity index (χ3n) is 3.05. The van der Waals surface area contributed by atoms with Crippen LogP contribution in [0.25, 0.3) is 0 Å². The zero-order chi connectivity index (χ0) is 13.8. The summed E-state index contributed by atoms with van der Waals surface area (Å²) in [5, 5.41) is 2.80. The van der Waals surface area contributed by atoms with E-state index in [2.05, 4.69) is 5.32 Å². The van der Waals surface area contributed by atoms with Gasteiger partial charge in [0.05, 0.1) is 24.7 Å². The lowest BCUT2D eigenvalue weighted by Crippen LogP contribution is -2.44. The van der Waals surface area contributed by atoms with E-state index in [4.69, 9.17) is 4.74 Å². The first kappa shape index (κ1) is 15.4. The van der Waals surface area contributed by atoms with E-state index in [1.165, 1.54) is 0 Å². The van der Waals surface area contributed by atoms with E-state index in [1.807, 2.05) is 6.92 Å². The Balaban J connectivity index is 2.36. The fraction of sp³-hybridized carbons (Fsp3) is 0.909. The van der Waals surface area contributed by atoms with Crippen molar-refractivity contribution in [3.63, 3.8) is 0 Å². The van der Waals surface area contributed by atoms with Gasteiger partial charge in [0.25, 0.3) is 0 Å². The number of nitrogens with one attached hydrogen (secondary N) is 1. The maximum atomic E-state index is 11.7. The van der Waals surface area contributed by atoms with E-state index in [9.17, 15) is 13.2 Å². The highest BCUT2D eigenvalue weighted by atomic mass is 32.2. The van der Waals surface area contributed by atoms with E-state index in [0.717, 1.165) is 0 Å².